The molecule has 2 heterocycles. The second-order valence-electron chi connectivity index (χ2n) is 7.25. The van der Waals surface area contributed by atoms with E-state index in [1.807, 2.05) is 0 Å². The zero-order valence-corrected chi connectivity index (χ0v) is 17.4. The van der Waals surface area contributed by atoms with Gasteiger partial charge in [-0.1, -0.05) is 0 Å². The highest BCUT2D eigenvalue weighted by molar-refractivity contribution is 7.89. The van der Waals surface area contributed by atoms with Gasteiger partial charge in [-0.2, -0.15) is 4.31 Å². The van der Waals surface area contributed by atoms with Crippen molar-refractivity contribution in [2.24, 2.45) is 5.92 Å². The molecule has 1 N–H and O–H groups in total. The zero-order chi connectivity index (χ0) is 22.9. The Labute approximate surface area is 181 Å². The zero-order valence-electron chi connectivity index (χ0n) is 16.6. The molecule has 12 heteroatoms. The number of fused-ring (bicyclic) bond motifs is 1. The molecular weight excluding hydrogens is 453 g/mol. The van der Waals surface area contributed by atoms with E-state index in [0.717, 1.165) is 24.3 Å². The van der Waals surface area contributed by atoms with Gasteiger partial charge in [-0.3, -0.25) is 4.79 Å². The third-order valence-corrected chi connectivity index (χ3v) is 7.07. The second-order valence-corrected chi connectivity index (χ2v) is 9.19. The van der Waals surface area contributed by atoms with Crippen LogP contribution in [0.3, 0.4) is 0 Å². The highest BCUT2D eigenvalue weighted by Crippen LogP contribution is 2.35. The summed E-state index contributed by atoms with van der Waals surface area (Å²) in [4.78, 5) is 12.4. The van der Waals surface area contributed by atoms with Crippen molar-refractivity contribution in [3.8, 4) is 17.2 Å². The molecule has 8 nitrogen and oxygen atoms in total. The second kappa shape index (κ2) is 8.51. The first-order chi connectivity index (χ1) is 15.1. The molecule has 4 rings (SSSR count). The number of carbonyl (C=O) groups is 1. The van der Waals surface area contributed by atoms with Gasteiger partial charge in [0.05, 0.1) is 4.90 Å². The lowest BCUT2D eigenvalue weighted by atomic mass is 9.97. The minimum atomic E-state index is -4.86. The maximum atomic E-state index is 12.8. The number of rotatable bonds is 5. The van der Waals surface area contributed by atoms with Crippen molar-refractivity contribution in [2.45, 2.75) is 24.1 Å². The van der Waals surface area contributed by atoms with Gasteiger partial charge in [-0.25, -0.2) is 8.42 Å². The molecule has 0 aliphatic carbocycles. The SMILES string of the molecule is O=C(Nc1ccc2c(c1)OCO2)C1CCN(S(=O)(=O)c2ccc(OC(F)(F)F)cc2)CC1. The van der Waals surface area contributed by atoms with Crippen molar-refractivity contribution in [3.05, 3.63) is 42.5 Å². The average Bonchev–Trinajstić information content (AvgIpc) is 3.21. The predicted octanol–water partition coefficient (Wildman–Crippen LogP) is 3.35. The molecule has 2 aromatic carbocycles. The number of nitrogens with zero attached hydrogens (tertiary/aromatic N) is 1. The van der Waals surface area contributed by atoms with E-state index in [-0.39, 0.29) is 36.6 Å². The molecule has 0 spiro atoms. The first-order valence-corrected chi connectivity index (χ1v) is 11.1. The number of carbonyl (C=O) groups excluding carboxylic acids is 1. The maximum absolute atomic E-state index is 12.8. The number of alkyl halides is 3. The van der Waals surface area contributed by atoms with Crippen LogP contribution in [-0.4, -0.2) is 44.9 Å². The maximum Gasteiger partial charge on any atom is 0.573 e. The van der Waals surface area contributed by atoms with Crippen LogP contribution in [0.15, 0.2) is 47.4 Å². The molecule has 32 heavy (non-hydrogen) atoms. The Morgan fingerprint density at radius 3 is 2.34 bits per heavy atom. The molecule has 2 aromatic rings. The lowest BCUT2D eigenvalue weighted by molar-refractivity contribution is -0.274. The number of hydrogen-bond acceptors (Lipinski definition) is 6. The number of benzene rings is 2. The lowest BCUT2D eigenvalue weighted by Crippen LogP contribution is -2.41. The van der Waals surface area contributed by atoms with Crippen molar-refractivity contribution >= 4 is 21.6 Å². The standard InChI is InChI=1S/C20H19F3N2O6S/c21-20(22,23)31-15-2-4-16(5-3-15)32(27,28)25-9-7-13(8-10-25)19(26)24-14-1-6-17-18(11-14)30-12-29-17/h1-6,11,13H,7-10,12H2,(H,24,26). The summed E-state index contributed by atoms with van der Waals surface area (Å²) in [6.07, 6.45) is -4.24. The summed E-state index contributed by atoms with van der Waals surface area (Å²) < 4.78 is 77.9. The third kappa shape index (κ3) is 4.91. The Kier molecular flexibility index (Phi) is 5.91. The Balaban J connectivity index is 1.34. The van der Waals surface area contributed by atoms with Gasteiger partial charge >= 0.3 is 6.36 Å². The molecule has 0 aromatic heterocycles. The fourth-order valence-corrected chi connectivity index (χ4v) is 5.01. The summed E-state index contributed by atoms with van der Waals surface area (Å²) in [7, 11) is -3.90. The largest absolute Gasteiger partial charge is 0.573 e. The Morgan fingerprint density at radius 1 is 1.03 bits per heavy atom. The highest BCUT2D eigenvalue weighted by Gasteiger charge is 2.33. The highest BCUT2D eigenvalue weighted by atomic mass is 32.2. The van der Waals surface area contributed by atoms with Gasteiger partial charge in [0.15, 0.2) is 11.5 Å². The number of anilines is 1. The first kappa shape index (κ1) is 22.2. The van der Waals surface area contributed by atoms with Crippen LogP contribution in [0.2, 0.25) is 0 Å². The van der Waals surface area contributed by atoms with Crippen LogP contribution >= 0.6 is 0 Å². The van der Waals surface area contributed by atoms with Gasteiger partial charge < -0.3 is 19.5 Å². The van der Waals surface area contributed by atoms with Crippen molar-refractivity contribution in [3.63, 3.8) is 0 Å². The van der Waals surface area contributed by atoms with Gasteiger partial charge in [0, 0.05) is 30.8 Å². The topological polar surface area (TPSA) is 94.2 Å². The van der Waals surface area contributed by atoms with Gasteiger partial charge in [-0.15, -0.1) is 13.2 Å². The van der Waals surface area contributed by atoms with Gasteiger partial charge in [0.1, 0.15) is 5.75 Å². The summed E-state index contributed by atoms with van der Waals surface area (Å²) in [5.41, 5.74) is 0.551. The molecule has 1 fully saturated rings. The van der Waals surface area contributed by atoms with E-state index in [1.165, 1.54) is 4.31 Å². The molecule has 0 unspecified atom stereocenters. The Morgan fingerprint density at radius 2 is 1.69 bits per heavy atom. The number of hydrogen-bond donors (Lipinski definition) is 1. The quantitative estimate of drug-likeness (QED) is 0.718. The van der Waals surface area contributed by atoms with E-state index in [4.69, 9.17) is 9.47 Å². The van der Waals surface area contributed by atoms with E-state index in [9.17, 15) is 26.4 Å². The Hall–Kier alpha value is -2.99. The third-order valence-electron chi connectivity index (χ3n) is 5.16. The molecule has 2 aliphatic rings. The Bertz CT molecular complexity index is 1100. The average molecular weight is 472 g/mol. The molecule has 172 valence electrons. The number of halogens is 3. The monoisotopic (exact) mass is 472 g/mol. The fourth-order valence-electron chi connectivity index (χ4n) is 3.54. The molecule has 1 amide bonds. The molecule has 1 saturated heterocycles. The minimum absolute atomic E-state index is 0.113. The molecule has 0 atom stereocenters. The normalized spacial score (nSPS) is 17.2. The number of sulfonamides is 1. The van der Waals surface area contributed by atoms with E-state index >= 15 is 0 Å². The van der Waals surface area contributed by atoms with Crippen LogP contribution in [0.5, 0.6) is 17.2 Å². The molecule has 0 bridgehead atoms. The summed E-state index contributed by atoms with van der Waals surface area (Å²) in [6.45, 7) is 0.350. The summed E-state index contributed by atoms with van der Waals surface area (Å²) >= 11 is 0. The van der Waals surface area contributed by atoms with Crippen LogP contribution in [0.25, 0.3) is 0 Å². The number of piperidine rings is 1. The van der Waals surface area contributed by atoms with E-state index in [1.54, 1.807) is 18.2 Å². The van der Waals surface area contributed by atoms with Crippen LogP contribution in [-0.2, 0) is 14.8 Å². The van der Waals surface area contributed by atoms with E-state index in [2.05, 4.69) is 10.1 Å². The fraction of sp³-hybridized carbons (Fsp3) is 0.350. The van der Waals surface area contributed by atoms with Gasteiger partial charge in [0.25, 0.3) is 0 Å². The van der Waals surface area contributed by atoms with E-state index < -0.39 is 22.1 Å². The smallest absolute Gasteiger partial charge is 0.454 e. The molecule has 0 saturated carbocycles. The lowest BCUT2D eigenvalue weighted by Gasteiger charge is -2.30. The summed E-state index contributed by atoms with van der Waals surface area (Å²) in [5, 5.41) is 2.80. The van der Waals surface area contributed by atoms with Gasteiger partial charge in [0.2, 0.25) is 22.7 Å². The van der Waals surface area contributed by atoms with Crippen molar-refractivity contribution in [2.75, 3.05) is 25.2 Å². The van der Waals surface area contributed by atoms with Crippen LogP contribution in [0.4, 0.5) is 18.9 Å². The summed E-state index contributed by atoms with van der Waals surface area (Å²) in [5.74, 6) is 0.0224. The molecule has 2 aliphatic heterocycles. The number of amides is 1. The van der Waals surface area contributed by atoms with E-state index in [0.29, 0.717) is 30.0 Å². The van der Waals surface area contributed by atoms with Crippen molar-refractivity contribution < 1.29 is 40.6 Å². The van der Waals surface area contributed by atoms with Crippen molar-refractivity contribution in [1.82, 2.24) is 4.31 Å². The molecular formula is C20H19F3N2O6S. The van der Waals surface area contributed by atoms with Crippen LogP contribution in [0, 0.1) is 5.92 Å². The van der Waals surface area contributed by atoms with Crippen molar-refractivity contribution in [1.29, 1.82) is 0 Å². The number of nitrogens with one attached hydrogen (secondary N) is 1. The van der Waals surface area contributed by atoms with Crippen LogP contribution in [0.1, 0.15) is 12.8 Å². The van der Waals surface area contributed by atoms with Gasteiger partial charge in [-0.05, 0) is 49.2 Å². The van der Waals surface area contributed by atoms with Crippen LogP contribution < -0.4 is 19.5 Å². The number of ether oxygens (including phenoxy) is 3. The predicted molar refractivity (Wildman–Crippen MR) is 106 cm³/mol. The molecule has 0 radical (unpaired) electrons. The first-order valence-electron chi connectivity index (χ1n) is 9.68. The minimum Gasteiger partial charge on any atom is -0.454 e. The summed E-state index contributed by atoms with van der Waals surface area (Å²) in [6, 6.07) is 9.07.